The first-order chi connectivity index (χ1) is 6.84. The van der Waals surface area contributed by atoms with Gasteiger partial charge >= 0.3 is 0 Å². The second-order valence-corrected chi connectivity index (χ2v) is 4.28. The molecular formula is C12H19NO. The normalized spacial score (nSPS) is 28.9. The van der Waals surface area contributed by atoms with Crippen LogP contribution in [0.5, 0.6) is 0 Å². The summed E-state index contributed by atoms with van der Waals surface area (Å²) < 4.78 is 5.34. The molecular weight excluding hydrogens is 174 g/mol. The molecule has 1 heterocycles. The van der Waals surface area contributed by atoms with Gasteiger partial charge in [-0.2, -0.15) is 0 Å². The minimum Gasteiger partial charge on any atom is -0.379 e. The van der Waals surface area contributed by atoms with Gasteiger partial charge in [0.25, 0.3) is 0 Å². The second kappa shape index (κ2) is 4.76. The first kappa shape index (κ1) is 9.94. The van der Waals surface area contributed by atoms with E-state index in [1.165, 1.54) is 18.5 Å². The maximum absolute atomic E-state index is 5.34. The van der Waals surface area contributed by atoms with Crippen molar-refractivity contribution >= 4 is 0 Å². The maximum Gasteiger partial charge on any atom is 0.0594 e. The Balaban J connectivity index is 1.80. The van der Waals surface area contributed by atoms with Crippen LogP contribution in [0.25, 0.3) is 0 Å². The Morgan fingerprint density at radius 1 is 1.43 bits per heavy atom. The van der Waals surface area contributed by atoms with Crippen LogP contribution in [0.15, 0.2) is 23.8 Å². The summed E-state index contributed by atoms with van der Waals surface area (Å²) in [6, 6.07) is 0. The molecule has 0 radical (unpaired) electrons. The molecule has 1 fully saturated rings. The molecule has 0 N–H and O–H groups in total. The number of morpholine rings is 1. The molecule has 1 aliphatic heterocycles. The molecule has 0 aromatic carbocycles. The molecule has 1 unspecified atom stereocenters. The molecule has 14 heavy (non-hydrogen) atoms. The Bertz CT molecular complexity index is 239. The Morgan fingerprint density at radius 3 is 2.93 bits per heavy atom. The van der Waals surface area contributed by atoms with E-state index >= 15 is 0 Å². The van der Waals surface area contributed by atoms with E-state index in [2.05, 4.69) is 30.1 Å². The fourth-order valence-corrected chi connectivity index (χ4v) is 2.17. The summed E-state index contributed by atoms with van der Waals surface area (Å²) in [5.74, 6) is 0.720. The van der Waals surface area contributed by atoms with Crippen molar-refractivity contribution in [1.29, 1.82) is 0 Å². The number of ether oxygens (including phenoxy) is 1. The zero-order valence-corrected chi connectivity index (χ0v) is 8.91. The van der Waals surface area contributed by atoms with Gasteiger partial charge in [0.15, 0.2) is 0 Å². The molecule has 2 rings (SSSR count). The van der Waals surface area contributed by atoms with E-state index in [9.17, 15) is 0 Å². The lowest BCUT2D eigenvalue weighted by Crippen LogP contribution is -2.39. The summed E-state index contributed by atoms with van der Waals surface area (Å²) in [6.07, 6.45) is 7.98. The van der Waals surface area contributed by atoms with E-state index in [1.807, 2.05) is 0 Å². The van der Waals surface area contributed by atoms with Crippen LogP contribution in [0.4, 0.5) is 0 Å². The third-order valence-electron chi connectivity index (χ3n) is 2.94. The summed E-state index contributed by atoms with van der Waals surface area (Å²) in [7, 11) is 0. The van der Waals surface area contributed by atoms with Gasteiger partial charge in [-0.3, -0.25) is 4.90 Å². The maximum atomic E-state index is 5.34. The fraction of sp³-hybridized carbons (Fsp3) is 0.667. The van der Waals surface area contributed by atoms with Crippen molar-refractivity contribution in [1.82, 2.24) is 4.90 Å². The molecule has 1 saturated heterocycles. The predicted molar refractivity (Wildman–Crippen MR) is 58.3 cm³/mol. The quantitative estimate of drug-likeness (QED) is 0.663. The molecule has 0 bridgehead atoms. The van der Waals surface area contributed by atoms with Crippen LogP contribution in [-0.2, 0) is 4.74 Å². The molecule has 0 aromatic rings. The number of nitrogens with zero attached hydrogens (tertiary/aromatic N) is 1. The number of allylic oxidation sites excluding steroid dienone is 3. The van der Waals surface area contributed by atoms with Gasteiger partial charge in [0.2, 0.25) is 0 Å². The van der Waals surface area contributed by atoms with Crippen LogP contribution in [0.2, 0.25) is 0 Å². The van der Waals surface area contributed by atoms with Gasteiger partial charge in [-0.05, 0) is 19.3 Å². The molecule has 0 spiro atoms. The number of hydrogen-bond acceptors (Lipinski definition) is 2. The zero-order valence-electron chi connectivity index (χ0n) is 8.91. The molecule has 1 aliphatic carbocycles. The Kier molecular flexibility index (Phi) is 3.38. The zero-order chi connectivity index (χ0) is 9.80. The largest absolute Gasteiger partial charge is 0.379 e. The Hall–Kier alpha value is -0.600. The number of hydrogen-bond donors (Lipinski definition) is 0. The van der Waals surface area contributed by atoms with Gasteiger partial charge in [-0.15, -0.1) is 0 Å². The summed E-state index contributed by atoms with van der Waals surface area (Å²) in [6.45, 7) is 7.44. The predicted octanol–water partition coefficient (Wildman–Crippen LogP) is 1.84. The summed E-state index contributed by atoms with van der Waals surface area (Å²) in [4.78, 5) is 2.51. The van der Waals surface area contributed by atoms with Gasteiger partial charge in [-0.25, -0.2) is 0 Å². The molecule has 2 heteroatoms. The van der Waals surface area contributed by atoms with Gasteiger partial charge in [0.05, 0.1) is 13.2 Å². The summed E-state index contributed by atoms with van der Waals surface area (Å²) >= 11 is 0. The van der Waals surface area contributed by atoms with Gasteiger partial charge in [0, 0.05) is 19.6 Å². The van der Waals surface area contributed by atoms with Crippen molar-refractivity contribution in [2.45, 2.75) is 13.3 Å². The molecule has 2 aliphatic rings. The van der Waals surface area contributed by atoms with Crippen molar-refractivity contribution in [3.8, 4) is 0 Å². The van der Waals surface area contributed by atoms with Crippen molar-refractivity contribution in [3.63, 3.8) is 0 Å². The second-order valence-electron chi connectivity index (χ2n) is 4.28. The molecule has 0 saturated carbocycles. The van der Waals surface area contributed by atoms with Gasteiger partial charge in [0.1, 0.15) is 0 Å². The third kappa shape index (κ3) is 2.69. The van der Waals surface area contributed by atoms with E-state index in [1.54, 1.807) is 0 Å². The highest BCUT2D eigenvalue weighted by molar-refractivity contribution is 5.18. The molecule has 0 aromatic heterocycles. The van der Waals surface area contributed by atoms with E-state index in [-0.39, 0.29) is 0 Å². The van der Waals surface area contributed by atoms with Crippen molar-refractivity contribution in [2.24, 2.45) is 5.92 Å². The monoisotopic (exact) mass is 193 g/mol. The van der Waals surface area contributed by atoms with E-state index in [0.29, 0.717) is 0 Å². The summed E-state index contributed by atoms with van der Waals surface area (Å²) in [5.41, 5.74) is 1.51. The third-order valence-corrected chi connectivity index (χ3v) is 2.94. The van der Waals surface area contributed by atoms with Gasteiger partial charge in [-0.1, -0.05) is 23.8 Å². The summed E-state index contributed by atoms with van der Waals surface area (Å²) in [5, 5.41) is 0. The highest BCUT2D eigenvalue weighted by Gasteiger charge is 2.16. The van der Waals surface area contributed by atoms with Crippen molar-refractivity contribution < 1.29 is 4.74 Å². The van der Waals surface area contributed by atoms with Crippen LogP contribution in [0.3, 0.4) is 0 Å². The molecule has 0 amide bonds. The van der Waals surface area contributed by atoms with Crippen LogP contribution in [0, 0.1) is 5.92 Å². The standard InChI is InChI=1S/C12H19NO/c1-11-3-2-4-12(9-11)10-13-5-7-14-8-6-13/h2-4,12H,5-10H2,1H3. The smallest absolute Gasteiger partial charge is 0.0594 e. The van der Waals surface area contributed by atoms with Crippen molar-refractivity contribution in [3.05, 3.63) is 23.8 Å². The minimum absolute atomic E-state index is 0.720. The Labute approximate surface area is 86.2 Å². The highest BCUT2D eigenvalue weighted by Crippen LogP contribution is 2.19. The minimum atomic E-state index is 0.720. The first-order valence-electron chi connectivity index (χ1n) is 5.48. The van der Waals surface area contributed by atoms with E-state index in [4.69, 9.17) is 4.74 Å². The molecule has 2 nitrogen and oxygen atoms in total. The average molecular weight is 193 g/mol. The highest BCUT2D eigenvalue weighted by atomic mass is 16.5. The van der Waals surface area contributed by atoms with Crippen LogP contribution < -0.4 is 0 Å². The van der Waals surface area contributed by atoms with E-state index in [0.717, 1.165) is 32.2 Å². The van der Waals surface area contributed by atoms with Crippen LogP contribution >= 0.6 is 0 Å². The molecule has 78 valence electrons. The molecule has 1 atom stereocenters. The lowest BCUT2D eigenvalue weighted by molar-refractivity contribution is 0.0334. The first-order valence-corrected chi connectivity index (χ1v) is 5.48. The van der Waals surface area contributed by atoms with Gasteiger partial charge < -0.3 is 4.74 Å². The lowest BCUT2D eigenvalue weighted by Gasteiger charge is -2.30. The fourth-order valence-electron chi connectivity index (χ4n) is 2.17. The average Bonchev–Trinajstić information content (AvgIpc) is 2.19. The SMILES string of the molecule is CC1=CC=CC(CN2CCOCC2)C1. The van der Waals surface area contributed by atoms with Crippen LogP contribution in [0.1, 0.15) is 13.3 Å². The van der Waals surface area contributed by atoms with Crippen molar-refractivity contribution in [2.75, 3.05) is 32.8 Å². The lowest BCUT2D eigenvalue weighted by atomic mass is 9.95. The number of rotatable bonds is 2. The Morgan fingerprint density at radius 2 is 2.21 bits per heavy atom. The van der Waals surface area contributed by atoms with E-state index < -0.39 is 0 Å². The topological polar surface area (TPSA) is 12.5 Å². The van der Waals surface area contributed by atoms with Crippen LogP contribution in [-0.4, -0.2) is 37.7 Å².